The second-order valence-electron chi connectivity index (χ2n) is 9.77. The molecule has 0 saturated heterocycles. The lowest BCUT2D eigenvalue weighted by Gasteiger charge is -2.45. The molecule has 0 fully saturated rings. The van der Waals surface area contributed by atoms with E-state index >= 15 is 0 Å². The second-order valence-corrected chi connectivity index (χ2v) is 9.77. The quantitative estimate of drug-likeness (QED) is 0.185. The highest BCUT2D eigenvalue weighted by molar-refractivity contribution is 5.78. The van der Waals surface area contributed by atoms with Gasteiger partial charge in [-0.1, -0.05) is 48.0 Å². The van der Waals surface area contributed by atoms with Crippen LogP contribution in [0.4, 0.5) is 13.2 Å². The van der Waals surface area contributed by atoms with Crippen LogP contribution >= 0.6 is 0 Å². The zero-order chi connectivity index (χ0) is 25.2. The highest BCUT2D eigenvalue weighted by atomic mass is 19.3. The standard InChI is InChI=1S/C23H39F3O6/c1-8-20(3,4)14-22(7,21(5,6)9-2)19(29)31-13-12-30-17(27)10-11-18(28)32-16-23(25,26)15-24/h8-16H2,1-7H3. The highest BCUT2D eigenvalue weighted by Crippen LogP contribution is 2.50. The number of carbonyl (C=O) groups excluding carboxylic acids is 3. The second kappa shape index (κ2) is 12.4. The topological polar surface area (TPSA) is 78.9 Å². The van der Waals surface area contributed by atoms with Crippen LogP contribution in [0.25, 0.3) is 0 Å². The van der Waals surface area contributed by atoms with Gasteiger partial charge in [-0.25, -0.2) is 4.39 Å². The minimum Gasteiger partial charge on any atom is -0.462 e. The van der Waals surface area contributed by atoms with Crippen molar-refractivity contribution >= 4 is 17.9 Å². The molecule has 0 rings (SSSR count). The van der Waals surface area contributed by atoms with Crippen LogP contribution in [-0.2, 0) is 28.6 Å². The van der Waals surface area contributed by atoms with Crippen molar-refractivity contribution in [1.29, 1.82) is 0 Å². The van der Waals surface area contributed by atoms with Gasteiger partial charge >= 0.3 is 23.8 Å². The molecular formula is C23H39F3O6. The smallest absolute Gasteiger partial charge is 0.312 e. The predicted octanol–water partition coefficient (Wildman–Crippen LogP) is 5.27. The van der Waals surface area contributed by atoms with Crippen LogP contribution in [0.5, 0.6) is 0 Å². The van der Waals surface area contributed by atoms with Crippen LogP contribution in [-0.4, -0.2) is 50.3 Å². The molecule has 0 spiro atoms. The van der Waals surface area contributed by atoms with Crippen LogP contribution in [0.15, 0.2) is 0 Å². The molecule has 1 atom stereocenters. The molecule has 0 aromatic heterocycles. The number of rotatable bonds is 15. The molecule has 0 aliphatic heterocycles. The van der Waals surface area contributed by atoms with E-state index in [4.69, 9.17) is 9.47 Å². The average Bonchev–Trinajstić information content (AvgIpc) is 2.73. The third-order valence-corrected chi connectivity index (χ3v) is 6.37. The molecule has 1 unspecified atom stereocenters. The van der Waals surface area contributed by atoms with Gasteiger partial charge in [-0.15, -0.1) is 0 Å². The summed E-state index contributed by atoms with van der Waals surface area (Å²) in [5, 5.41) is 0. The van der Waals surface area contributed by atoms with E-state index in [0.717, 1.165) is 12.8 Å². The summed E-state index contributed by atoms with van der Waals surface area (Å²) < 4.78 is 51.9. The zero-order valence-electron chi connectivity index (χ0n) is 20.4. The van der Waals surface area contributed by atoms with Crippen molar-refractivity contribution in [2.24, 2.45) is 16.2 Å². The number of hydrogen-bond donors (Lipinski definition) is 0. The SMILES string of the molecule is CCC(C)(C)CC(C)(C(=O)OCCOC(=O)CCC(=O)OCC(F)(F)CF)C(C)(C)CC. The van der Waals surface area contributed by atoms with Crippen LogP contribution in [0.2, 0.25) is 0 Å². The zero-order valence-corrected chi connectivity index (χ0v) is 20.4. The van der Waals surface area contributed by atoms with E-state index in [2.05, 4.69) is 25.5 Å². The molecule has 188 valence electrons. The molecular weight excluding hydrogens is 429 g/mol. The lowest BCUT2D eigenvalue weighted by atomic mass is 9.58. The van der Waals surface area contributed by atoms with Crippen molar-refractivity contribution in [3.05, 3.63) is 0 Å². The van der Waals surface area contributed by atoms with E-state index < -0.39 is 43.0 Å². The maximum Gasteiger partial charge on any atom is 0.312 e. The van der Waals surface area contributed by atoms with Gasteiger partial charge in [0, 0.05) is 0 Å². The van der Waals surface area contributed by atoms with Crippen molar-refractivity contribution in [2.45, 2.75) is 86.5 Å². The van der Waals surface area contributed by atoms with Crippen molar-refractivity contribution in [3.63, 3.8) is 0 Å². The number of hydrogen-bond acceptors (Lipinski definition) is 6. The van der Waals surface area contributed by atoms with Gasteiger partial charge < -0.3 is 14.2 Å². The van der Waals surface area contributed by atoms with Crippen molar-refractivity contribution in [3.8, 4) is 0 Å². The van der Waals surface area contributed by atoms with Crippen molar-refractivity contribution in [2.75, 3.05) is 26.5 Å². The molecule has 0 N–H and O–H groups in total. The molecule has 0 amide bonds. The summed E-state index contributed by atoms with van der Waals surface area (Å²) in [6.45, 7) is 10.6. The molecule has 6 nitrogen and oxygen atoms in total. The first-order valence-electron chi connectivity index (χ1n) is 11.0. The van der Waals surface area contributed by atoms with Crippen LogP contribution < -0.4 is 0 Å². The van der Waals surface area contributed by atoms with Gasteiger partial charge in [0.25, 0.3) is 0 Å². The summed E-state index contributed by atoms with van der Waals surface area (Å²) in [6, 6.07) is 0. The normalized spacial score (nSPS) is 14.4. The summed E-state index contributed by atoms with van der Waals surface area (Å²) in [6.07, 6.45) is 1.45. The molecule has 9 heteroatoms. The molecule has 0 saturated carbocycles. The number of esters is 3. The third-order valence-electron chi connectivity index (χ3n) is 6.37. The number of halogens is 3. The Morgan fingerprint density at radius 1 is 0.781 bits per heavy atom. The van der Waals surface area contributed by atoms with E-state index in [1.807, 2.05) is 27.7 Å². The van der Waals surface area contributed by atoms with E-state index in [-0.39, 0.29) is 36.4 Å². The molecule has 0 bridgehead atoms. The predicted molar refractivity (Wildman–Crippen MR) is 114 cm³/mol. The van der Waals surface area contributed by atoms with Gasteiger partial charge in [0.1, 0.15) is 13.2 Å². The van der Waals surface area contributed by atoms with Gasteiger partial charge in [-0.2, -0.15) is 8.78 Å². The summed E-state index contributed by atoms with van der Waals surface area (Å²) >= 11 is 0. The summed E-state index contributed by atoms with van der Waals surface area (Å²) in [5.74, 6) is -5.93. The average molecular weight is 469 g/mol. The van der Waals surface area contributed by atoms with Crippen LogP contribution in [0.3, 0.4) is 0 Å². The Kier molecular flexibility index (Phi) is 11.7. The Hall–Kier alpha value is -1.80. The number of alkyl halides is 3. The Labute approximate surface area is 189 Å². The molecule has 0 aliphatic carbocycles. The van der Waals surface area contributed by atoms with Gasteiger partial charge in [-0.05, 0) is 30.6 Å². The maximum atomic E-state index is 13.0. The molecule has 32 heavy (non-hydrogen) atoms. The van der Waals surface area contributed by atoms with Crippen molar-refractivity contribution in [1.82, 2.24) is 0 Å². The fourth-order valence-electron chi connectivity index (χ4n) is 3.08. The van der Waals surface area contributed by atoms with Gasteiger partial charge in [0.05, 0.1) is 18.3 Å². The van der Waals surface area contributed by atoms with E-state index in [1.165, 1.54) is 0 Å². The first-order chi connectivity index (χ1) is 14.6. The Balaban J connectivity index is 4.58. The summed E-state index contributed by atoms with van der Waals surface area (Å²) in [4.78, 5) is 36.0. The van der Waals surface area contributed by atoms with E-state index in [9.17, 15) is 27.6 Å². The Morgan fingerprint density at radius 2 is 1.28 bits per heavy atom. The fraction of sp³-hybridized carbons (Fsp3) is 0.870. The molecule has 0 heterocycles. The molecule has 0 aliphatic rings. The molecule has 0 radical (unpaired) electrons. The number of carbonyl (C=O) groups is 3. The maximum absolute atomic E-state index is 13.0. The van der Waals surface area contributed by atoms with Crippen LogP contribution in [0, 0.1) is 16.2 Å². The summed E-state index contributed by atoms with van der Waals surface area (Å²) in [7, 11) is 0. The lowest BCUT2D eigenvalue weighted by molar-refractivity contribution is -0.169. The first kappa shape index (κ1) is 30.2. The van der Waals surface area contributed by atoms with Gasteiger partial charge in [0.2, 0.25) is 0 Å². The van der Waals surface area contributed by atoms with Crippen LogP contribution in [0.1, 0.15) is 80.6 Å². The minimum atomic E-state index is -3.74. The largest absolute Gasteiger partial charge is 0.462 e. The first-order valence-corrected chi connectivity index (χ1v) is 11.0. The summed E-state index contributed by atoms with van der Waals surface area (Å²) in [5.41, 5.74) is -1.11. The minimum absolute atomic E-state index is 0.0601. The van der Waals surface area contributed by atoms with Gasteiger partial charge in [-0.3, -0.25) is 14.4 Å². The van der Waals surface area contributed by atoms with Crippen molar-refractivity contribution < 1.29 is 41.8 Å². The number of ether oxygens (including phenoxy) is 3. The lowest BCUT2D eigenvalue weighted by Crippen LogP contribution is -2.46. The Bertz CT molecular complexity index is 633. The third kappa shape index (κ3) is 9.77. The van der Waals surface area contributed by atoms with Gasteiger partial charge in [0.15, 0.2) is 13.3 Å². The van der Waals surface area contributed by atoms with E-state index in [0.29, 0.717) is 6.42 Å². The molecule has 0 aromatic carbocycles. The fourth-order valence-corrected chi connectivity index (χ4v) is 3.08. The monoisotopic (exact) mass is 468 g/mol. The van der Waals surface area contributed by atoms with E-state index in [1.54, 1.807) is 0 Å². The Morgan fingerprint density at radius 3 is 1.75 bits per heavy atom. The molecule has 0 aromatic rings. The highest BCUT2D eigenvalue weighted by Gasteiger charge is 2.49.